The van der Waals surface area contributed by atoms with Gasteiger partial charge in [-0.05, 0) is 6.92 Å². The van der Waals surface area contributed by atoms with Crippen LogP contribution in [-0.4, -0.2) is 0 Å². The minimum atomic E-state index is 1.02. The van der Waals surface area contributed by atoms with Gasteiger partial charge in [-0.1, -0.05) is 31.4 Å². The minimum Gasteiger partial charge on any atom is -0.193 e. The first-order chi connectivity index (χ1) is 4.18. The Morgan fingerprint density at radius 1 is 1.56 bits per heavy atom. The molecule has 1 heteroatoms. The van der Waals surface area contributed by atoms with E-state index in [4.69, 9.17) is 5.26 Å². The molecule has 0 aromatic heterocycles. The van der Waals surface area contributed by atoms with Crippen LogP contribution in [0.5, 0.6) is 0 Å². The van der Waals surface area contributed by atoms with Gasteiger partial charge >= 0.3 is 0 Å². The molecule has 0 bridgehead atoms. The van der Waals surface area contributed by atoms with Crippen LogP contribution >= 0.6 is 0 Å². The molecule has 0 spiro atoms. The highest BCUT2D eigenvalue weighted by Gasteiger charge is 1.59. The van der Waals surface area contributed by atoms with Gasteiger partial charge in [-0.25, -0.2) is 0 Å². The zero-order valence-corrected chi connectivity index (χ0v) is 5.72. The normalized spacial score (nSPS) is 5.33. The molecule has 0 atom stereocenters. The number of hydrogen-bond acceptors (Lipinski definition) is 1. The van der Waals surface area contributed by atoms with Gasteiger partial charge in [-0.2, -0.15) is 5.26 Å². The van der Waals surface area contributed by atoms with Crippen LogP contribution in [0.15, 0.2) is 37.5 Å². The second-order valence-corrected chi connectivity index (χ2v) is 1.38. The van der Waals surface area contributed by atoms with Gasteiger partial charge in [0.2, 0.25) is 0 Å². The predicted molar refractivity (Wildman–Crippen MR) is 40.8 cm³/mol. The van der Waals surface area contributed by atoms with Crippen LogP contribution in [-0.2, 0) is 0 Å². The molecule has 48 valence electrons. The van der Waals surface area contributed by atoms with Crippen molar-refractivity contribution in [2.24, 2.45) is 0 Å². The largest absolute Gasteiger partial charge is 0.193 e. The van der Waals surface area contributed by atoms with Crippen LogP contribution in [0.4, 0.5) is 0 Å². The van der Waals surface area contributed by atoms with Gasteiger partial charge < -0.3 is 0 Å². The summed E-state index contributed by atoms with van der Waals surface area (Å²) in [6.45, 7) is 12.0. The fourth-order valence-electron chi connectivity index (χ4n) is 0. The lowest BCUT2D eigenvalue weighted by Crippen LogP contribution is -1.50. The molecular weight excluding hydrogens is 110 g/mol. The first-order valence-electron chi connectivity index (χ1n) is 2.47. The summed E-state index contributed by atoms with van der Waals surface area (Å²) in [4.78, 5) is 0. The third kappa shape index (κ3) is 50.9. The average molecular weight is 121 g/mol. The number of rotatable bonds is 1. The van der Waals surface area contributed by atoms with Crippen molar-refractivity contribution in [2.75, 3.05) is 0 Å². The maximum atomic E-state index is 7.51. The zero-order valence-electron chi connectivity index (χ0n) is 5.72. The van der Waals surface area contributed by atoms with Gasteiger partial charge in [0.05, 0.1) is 6.07 Å². The van der Waals surface area contributed by atoms with E-state index in [2.05, 4.69) is 19.7 Å². The average Bonchev–Trinajstić information content (AvgIpc) is 1.89. The molecule has 0 rings (SSSR count). The maximum Gasteiger partial charge on any atom is 0.0905 e. The molecule has 0 saturated heterocycles. The molecule has 0 fully saturated rings. The molecule has 1 nitrogen and oxygen atoms in total. The summed E-state index contributed by atoms with van der Waals surface area (Å²) in [6.07, 6.45) is 2.90. The molecular formula is C8H11N. The highest BCUT2D eigenvalue weighted by Crippen LogP contribution is 1.81. The molecule has 0 amide bonds. The number of nitrogens with zero attached hydrogens (tertiary/aromatic N) is 1. The summed E-state index contributed by atoms with van der Waals surface area (Å²) in [6, 6.07) is 1.69. The second-order valence-electron chi connectivity index (χ2n) is 1.38. The molecule has 0 aromatic rings. The summed E-state index contributed by atoms with van der Waals surface area (Å²) in [5.41, 5.74) is 1.02. The van der Waals surface area contributed by atoms with Gasteiger partial charge in [0.25, 0.3) is 0 Å². The van der Waals surface area contributed by atoms with E-state index in [-0.39, 0.29) is 0 Å². The molecule has 0 unspecified atom stereocenters. The zero-order chi connectivity index (χ0) is 7.70. The van der Waals surface area contributed by atoms with Gasteiger partial charge in [-0.3, -0.25) is 0 Å². The molecule has 0 radical (unpaired) electrons. The molecule has 0 aliphatic heterocycles. The Bertz CT molecular complexity index is 137. The standard InChI is InChI=1S/C5H8.C3H3N/c1-4-5(2)3;1-2-3-4/h4H,1-2H2,3H3;2H,1H2. The Morgan fingerprint density at radius 2 is 1.78 bits per heavy atom. The lowest BCUT2D eigenvalue weighted by atomic mass is 10.4. The first kappa shape index (κ1) is 10.6. The van der Waals surface area contributed by atoms with Crippen LogP contribution in [0.2, 0.25) is 0 Å². The maximum absolute atomic E-state index is 7.51. The third-order valence-electron chi connectivity index (χ3n) is 0.440. The number of nitriles is 1. The van der Waals surface area contributed by atoms with Crippen LogP contribution in [0.1, 0.15) is 6.92 Å². The number of allylic oxidation sites excluding steroid dienone is 3. The summed E-state index contributed by atoms with van der Waals surface area (Å²) in [5, 5.41) is 7.51. The van der Waals surface area contributed by atoms with Crippen molar-refractivity contribution in [3.63, 3.8) is 0 Å². The van der Waals surface area contributed by atoms with Crippen LogP contribution < -0.4 is 0 Å². The fraction of sp³-hybridized carbons (Fsp3) is 0.125. The SMILES string of the molecule is C=CC#N.C=CC(=C)C. The number of hydrogen-bond donors (Lipinski definition) is 0. The predicted octanol–water partition coefficient (Wildman–Crippen LogP) is 2.44. The summed E-state index contributed by atoms with van der Waals surface area (Å²) < 4.78 is 0. The smallest absolute Gasteiger partial charge is 0.0905 e. The highest BCUT2D eigenvalue weighted by atomic mass is 14.2. The Morgan fingerprint density at radius 3 is 1.78 bits per heavy atom. The van der Waals surface area contributed by atoms with Gasteiger partial charge in [0.1, 0.15) is 0 Å². The van der Waals surface area contributed by atoms with Gasteiger partial charge in [0.15, 0.2) is 0 Å². The Labute approximate surface area is 56.6 Å². The van der Waals surface area contributed by atoms with Gasteiger partial charge in [-0.15, -0.1) is 0 Å². The summed E-state index contributed by atoms with van der Waals surface area (Å²) in [5.74, 6) is 0. The van der Waals surface area contributed by atoms with E-state index >= 15 is 0 Å². The van der Waals surface area contributed by atoms with E-state index in [0.717, 1.165) is 5.57 Å². The van der Waals surface area contributed by atoms with E-state index in [1.807, 2.05) is 6.92 Å². The van der Waals surface area contributed by atoms with Gasteiger partial charge in [0, 0.05) is 6.08 Å². The third-order valence-corrected chi connectivity index (χ3v) is 0.440. The second kappa shape index (κ2) is 9.86. The lowest BCUT2D eigenvalue weighted by molar-refractivity contribution is 1.54. The van der Waals surface area contributed by atoms with Crippen molar-refractivity contribution in [3.05, 3.63) is 37.5 Å². The van der Waals surface area contributed by atoms with Crippen molar-refractivity contribution in [1.82, 2.24) is 0 Å². The highest BCUT2D eigenvalue weighted by molar-refractivity contribution is 5.05. The van der Waals surface area contributed by atoms with E-state index < -0.39 is 0 Å². The fourth-order valence-corrected chi connectivity index (χ4v) is 0. The van der Waals surface area contributed by atoms with E-state index in [9.17, 15) is 0 Å². The Balaban J connectivity index is 0. The van der Waals surface area contributed by atoms with Crippen molar-refractivity contribution in [2.45, 2.75) is 6.92 Å². The van der Waals surface area contributed by atoms with E-state index in [0.29, 0.717) is 0 Å². The molecule has 9 heavy (non-hydrogen) atoms. The van der Waals surface area contributed by atoms with Crippen molar-refractivity contribution < 1.29 is 0 Å². The van der Waals surface area contributed by atoms with Crippen LogP contribution in [0.25, 0.3) is 0 Å². The summed E-state index contributed by atoms with van der Waals surface area (Å²) >= 11 is 0. The van der Waals surface area contributed by atoms with E-state index in [1.165, 1.54) is 6.08 Å². The lowest BCUT2D eigenvalue weighted by Gasteiger charge is -1.71. The molecule has 0 aliphatic carbocycles. The van der Waals surface area contributed by atoms with Crippen LogP contribution in [0, 0.1) is 11.3 Å². The monoisotopic (exact) mass is 121 g/mol. The summed E-state index contributed by atoms with van der Waals surface area (Å²) in [7, 11) is 0. The molecule has 0 N–H and O–H groups in total. The quantitative estimate of drug-likeness (QED) is 0.386. The van der Waals surface area contributed by atoms with Crippen molar-refractivity contribution in [3.8, 4) is 6.07 Å². The Hall–Kier alpha value is -1.29. The van der Waals surface area contributed by atoms with E-state index in [1.54, 1.807) is 12.1 Å². The minimum absolute atomic E-state index is 1.02. The Kier molecular flexibility index (Phi) is 11.7. The van der Waals surface area contributed by atoms with Crippen molar-refractivity contribution in [1.29, 1.82) is 5.26 Å². The molecule has 0 aromatic carbocycles. The molecule has 0 heterocycles. The molecule has 0 saturated carbocycles. The molecule has 0 aliphatic rings. The van der Waals surface area contributed by atoms with Crippen LogP contribution in [0.3, 0.4) is 0 Å². The van der Waals surface area contributed by atoms with Crippen molar-refractivity contribution >= 4 is 0 Å². The first-order valence-corrected chi connectivity index (χ1v) is 2.47. The topological polar surface area (TPSA) is 23.8 Å².